The largest absolute Gasteiger partial charge is 0.396 e. The van der Waals surface area contributed by atoms with Gasteiger partial charge in [-0.2, -0.15) is 5.26 Å². The minimum absolute atomic E-state index is 0.0841. The summed E-state index contributed by atoms with van der Waals surface area (Å²) in [4.78, 5) is 0. The predicted octanol–water partition coefficient (Wildman–Crippen LogP) is 1.85. The Bertz CT molecular complexity index is 478. The van der Waals surface area contributed by atoms with Crippen molar-refractivity contribution in [2.24, 2.45) is 12.5 Å². The summed E-state index contributed by atoms with van der Waals surface area (Å²) in [5.41, 5.74) is 3.09. The highest BCUT2D eigenvalue weighted by atomic mass is 16.3. The second-order valence-corrected chi connectivity index (χ2v) is 5.78. The topological polar surface area (TPSA) is 61.0 Å². The van der Waals surface area contributed by atoms with Crippen molar-refractivity contribution in [2.75, 3.05) is 13.2 Å². The Labute approximate surface area is 115 Å². The van der Waals surface area contributed by atoms with E-state index < -0.39 is 0 Å². The Morgan fingerprint density at radius 1 is 1.47 bits per heavy atom. The number of aliphatic hydroxyl groups is 1. The lowest BCUT2D eigenvalue weighted by molar-refractivity contribution is 0.128. The molecule has 0 bridgehead atoms. The second kappa shape index (κ2) is 5.77. The van der Waals surface area contributed by atoms with Crippen molar-refractivity contribution in [3.05, 3.63) is 23.0 Å². The van der Waals surface area contributed by atoms with Gasteiger partial charge in [-0.25, -0.2) is 0 Å². The average Bonchev–Trinajstić information content (AvgIpc) is 2.99. The lowest BCUT2D eigenvalue weighted by atomic mass is 9.87. The number of rotatable bonds is 5. The summed E-state index contributed by atoms with van der Waals surface area (Å²) in [6.07, 6.45) is 4.69. The molecular formula is C15H23N3O. The number of hydrogen-bond acceptors (Lipinski definition) is 3. The van der Waals surface area contributed by atoms with E-state index in [2.05, 4.69) is 11.4 Å². The van der Waals surface area contributed by atoms with E-state index >= 15 is 0 Å². The van der Waals surface area contributed by atoms with Crippen LogP contribution in [0.3, 0.4) is 0 Å². The molecule has 0 aromatic carbocycles. The maximum absolute atomic E-state index is 9.57. The van der Waals surface area contributed by atoms with Crippen molar-refractivity contribution in [3.8, 4) is 6.07 Å². The zero-order valence-corrected chi connectivity index (χ0v) is 11.9. The fraction of sp³-hybridized carbons (Fsp3) is 0.667. The molecule has 4 heteroatoms. The van der Waals surface area contributed by atoms with Gasteiger partial charge in [0.25, 0.3) is 0 Å². The molecule has 1 aromatic rings. The van der Waals surface area contributed by atoms with Crippen molar-refractivity contribution in [1.29, 1.82) is 5.26 Å². The van der Waals surface area contributed by atoms with Gasteiger partial charge in [-0.3, -0.25) is 0 Å². The van der Waals surface area contributed by atoms with Crippen LogP contribution in [-0.2, 0) is 13.6 Å². The first-order valence-electron chi connectivity index (χ1n) is 6.99. The van der Waals surface area contributed by atoms with Gasteiger partial charge in [-0.05, 0) is 31.4 Å². The highest BCUT2D eigenvalue weighted by Gasteiger charge is 2.32. The summed E-state index contributed by atoms with van der Waals surface area (Å²) >= 11 is 0. The monoisotopic (exact) mass is 261 g/mol. The van der Waals surface area contributed by atoms with Crippen LogP contribution < -0.4 is 5.32 Å². The quantitative estimate of drug-likeness (QED) is 0.850. The lowest BCUT2D eigenvalue weighted by Gasteiger charge is -2.26. The number of aliphatic hydroxyl groups excluding tert-OH is 1. The molecule has 19 heavy (non-hydrogen) atoms. The normalized spacial score (nSPS) is 17.6. The molecule has 1 fully saturated rings. The molecule has 0 spiro atoms. The Morgan fingerprint density at radius 3 is 2.68 bits per heavy atom. The third kappa shape index (κ3) is 2.83. The van der Waals surface area contributed by atoms with Gasteiger partial charge in [0, 0.05) is 37.9 Å². The Balaban J connectivity index is 1.94. The summed E-state index contributed by atoms with van der Waals surface area (Å²) in [5, 5.41) is 22.0. The van der Waals surface area contributed by atoms with Crippen molar-refractivity contribution >= 4 is 0 Å². The molecule has 104 valence electrons. The lowest BCUT2D eigenvalue weighted by Crippen LogP contribution is -2.34. The van der Waals surface area contributed by atoms with E-state index in [1.165, 1.54) is 18.4 Å². The highest BCUT2D eigenvalue weighted by molar-refractivity contribution is 5.34. The summed E-state index contributed by atoms with van der Waals surface area (Å²) < 4.78 is 1.92. The van der Waals surface area contributed by atoms with E-state index in [1.807, 2.05) is 24.6 Å². The highest BCUT2D eigenvalue weighted by Crippen LogP contribution is 2.36. The van der Waals surface area contributed by atoms with Crippen LogP contribution in [0.5, 0.6) is 0 Å². The van der Waals surface area contributed by atoms with Crippen molar-refractivity contribution in [2.45, 2.75) is 39.2 Å². The minimum Gasteiger partial charge on any atom is -0.396 e. The van der Waals surface area contributed by atoms with Gasteiger partial charge in [-0.1, -0.05) is 12.8 Å². The molecule has 1 aliphatic carbocycles. The average molecular weight is 261 g/mol. The van der Waals surface area contributed by atoms with Gasteiger partial charge in [0.05, 0.1) is 0 Å². The molecule has 0 radical (unpaired) electrons. The van der Waals surface area contributed by atoms with Crippen LogP contribution in [-0.4, -0.2) is 22.8 Å². The van der Waals surface area contributed by atoms with Crippen molar-refractivity contribution in [1.82, 2.24) is 9.88 Å². The fourth-order valence-electron chi connectivity index (χ4n) is 3.03. The molecule has 0 atom stereocenters. The van der Waals surface area contributed by atoms with E-state index in [-0.39, 0.29) is 12.0 Å². The molecule has 0 amide bonds. The number of nitrogens with one attached hydrogen (secondary N) is 1. The summed E-state index contributed by atoms with van der Waals surface area (Å²) in [7, 11) is 1.92. The van der Waals surface area contributed by atoms with Crippen molar-refractivity contribution < 1.29 is 5.11 Å². The summed E-state index contributed by atoms with van der Waals surface area (Å²) in [5.74, 6) is 0. The maximum Gasteiger partial charge on any atom is 0.120 e. The maximum atomic E-state index is 9.57. The standard InChI is InChI=1S/C15H23N3O/c1-12-13(7-14(8-16)18(12)2)9-17-10-15(11-19)5-3-4-6-15/h7,17,19H,3-6,9-11H2,1-2H3. The molecule has 1 saturated carbocycles. The van der Waals surface area contributed by atoms with E-state index in [0.717, 1.165) is 31.6 Å². The molecule has 2 N–H and O–H groups in total. The first-order valence-corrected chi connectivity index (χ1v) is 6.99. The summed E-state index contributed by atoms with van der Waals surface area (Å²) in [6, 6.07) is 4.15. The van der Waals surface area contributed by atoms with E-state index in [9.17, 15) is 5.11 Å². The second-order valence-electron chi connectivity index (χ2n) is 5.78. The van der Waals surface area contributed by atoms with E-state index in [0.29, 0.717) is 5.69 Å². The Morgan fingerprint density at radius 2 is 2.16 bits per heavy atom. The SMILES string of the molecule is Cc1c(CNCC2(CO)CCCC2)cc(C#N)n1C. The van der Waals surface area contributed by atoms with Crippen LogP contribution in [0.15, 0.2) is 6.07 Å². The predicted molar refractivity (Wildman–Crippen MR) is 74.6 cm³/mol. The Kier molecular flexibility index (Phi) is 4.28. The zero-order chi connectivity index (χ0) is 13.9. The van der Waals surface area contributed by atoms with Gasteiger partial charge in [0.15, 0.2) is 0 Å². The Hall–Kier alpha value is -1.31. The molecule has 0 unspecified atom stereocenters. The van der Waals surface area contributed by atoms with E-state index in [1.54, 1.807) is 0 Å². The molecule has 1 aromatic heterocycles. The number of aromatic nitrogens is 1. The van der Waals surface area contributed by atoms with E-state index in [4.69, 9.17) is 5.26 Å². The van der Waals surface area contributed by atoms with Gasteiger partial charge < -0.3 is 15.0 Å². The van der Waals surface area contributed by atoms with Crippen LogP contribution in [0.2, 0.25) is 0 Å². The zero-order valence-electron chi connectivity index (χ0n) is 11.9. The molecular weight excluding hydrogens is 238 g/mol. The van der Waals surface area contributed by atoms with Crippen LogP contribution in [0.1, 0.15) is 42.6 Å². The molecule has 1 aliphatic rings. The van der Waals surface area contributed by atoms with Crippen molar-refractivity contribution in [3.63, 3.8) is 0 Å². The smallest absolute Gasteiger partial charge is 0.120 e. The van der Waals surface area contributed by atoms with Crippen LogP contribution in [0.4, 0.5) is 0 Å². The van der Waals surface area contributed by atoms with Gasteiger partial charge in [0.2, 0.25) is 0 Å². The van der Waals surface area contributed by atoms with Gasteiger partial charge in [0.1, 0.15) is 11.8 Å². The first kappa shape index (κ1) is 14.1. The van der Waals surface area contributed by atoms with Crippen LogP contribution >= 0.6 is 0 Å². The van der Waals surface area contributed by atoms with Gasteiger partial charge >= 0.3 is 0 Å². The molecule has 2 rings (SSSR count). The number of nitrogens with zero attached hydrogens (tertiary/aromatic N) is 2. The minimum atomic E-state index is 0.0841. The van der Waals surface area contributed by atoms with Crippen LogP contribution in [0, 0.1) is 23.7 Å². The fourth-order valence-corrected chi connectivity index (χ4v) is 3.03. The molecule has 1 heterocycles. The molecule has 4 nitrogen and oxygen atoms in total. The van der Waals surface area contributed by atoms with Gasteiger partial charge in [-0.15, -0.1) is 0 Å². The third-order valence-corrected chi connectivity index (χ3v) is 4.57. The number of hydrogen-bond donors (Lipinski definition) is 2. The molecule has 0 saturated heterocycles. The first-order chi connectivity index (χ1) is 9.12. The van der Waals surface area contributed by atoms with Crippen LogP contribution in [0.25, 0.3) is 0 Å². The molecule has 0 aliphatic heterocycles. The third-order valence-electron chi connectivity index (χ3n) is 4.57. The summed E-state index contributed by atoms with van der Waals surface area (Å²) in [6.45, 7) is 3.94. The number of nitriles is 1.